The van der Waals surface area contributed by atoms with E-state index in [1.807, 2.05) is 6.92 Å². The van der Waals surface area contributed by atoms with Crippen molar-refractivity contribution in [3.05, 3.63) is 39.9 Å². The molecular weight excluding hydrogens is 318 g/mol. The van der Waals surface area contributed by atoms with Gasteiger partial charge in [0.05, 0.1) is 5.69 Å². The number of carbonyl (C=O) groups excluding carboxylic acids is 1. The SMILES string of the molecule is Cc1cccc(C)c1-c1nc(C)c(C(=O)NCCN2CCCC2)s1. The fraction of sp³-hybridized carbons (Fsp3) is 0.474. The van der Waals surface area contributed by atoms with Crippen LogP contribution in [0.3, 0.4) is 0 Å². The molecule has 0 aliphatic carbocycles. The number of rotatable bonds is 5. The van der Waals surface area contributed by atoms with Crippen molar-refractivity contribution in [3.8, 4) is 10.6 Å². The number of carbonyl (C=O) groups is 1. The molecule has 1 saturated heterocycles. The van der Waals surface area contributed by atoms with Crippen LogP contribution in [0.25, 0.3) is 10.6 Å². The third-order valence-electron chi connectivity index (χ3n) is 4.61. The number of benzene rings is 1. The summed E-state index contributed by atoms with van der Waals surface area (Å²) in [5.41, 5.74) is 4.37. The number of aromatic nitrogens is 1. The van der Waals surface area contributed by atoms with Gasteiger partial charge in [-0.25, -0.2) is 4.98 Å². The van der Waals surface area contributed by atoms with E-state index in [2.05, 4.69) is 47.2 Å². The molecular formula is C19H25N3OS. The van der Waals surface area contributed by atoms with Gasteiger partial charge >= 0.3 is 0 Å². The summed E-state index contributed by atoms with van der Waals surface area (Å²) >= 11 is 1.49. The highest BCUT2D eigenvalue weighted by Crippen LogP contribution is 2.32. The third-order valence-corrected chi connectivity index (χ3v) is 5.78. The van der Waals surface area contributed by atoms with Crippen LogP contribution in [0.2, 0.25) is 0 Å². The molecule has 3 rings (SSSR count). The molecule has 5 heteroatoms. The van der Waals surface area contributed by atoms with Gasteiger partial charge in [0.1, 0.15) is 9.88 Å². The van der Waals surface area contributed by atoms with Crippen molar-refractivity contribution in [1.29, 1.82) is 0 Å². The maximum Gasteiger partial charge on any atom is 0.263 e. The Hall–Kier alpha value is -1.72. The molecule has 24 heavy (non-hydrogen) atoms. The van der Waals surface area contributed by atoms with Gasteiger partial charge in [0.15, 0.2) is 0 Å². The van der Waals surface area contributed by atoms with Crippen LogP contribution in [-0.2, 0) is 0 Å². The third kappa shape index (κ3) is 3.68. The fourth-order valence-corrected chi connectivity index (χ4v) is 4.44. The lowest BCUT2D eigenvalue weighted by Crippen LogP contribution is -2.33. The Balaban J connectivity index is 1.70. The number of nitrogens with zero attached hydrogens (tertiary/aromatic N) is 2. The monoisotopic (exact) mass is 343 g/mol. The van der Waals surface area contributed by atoms with Crippen molar-refractivity contribution < 1.29 is 4.79 Å². The minimum absolute atomic E-state index is 0.00156. The molecule has 1 fully saturated rings. The van der Waals surface area contributed by atoms with Crippen LogP contribution in [0.1, 0.15) is 39.3 Å². The average molecular weight is 343 g/mol. The van der Waals surface area contributed by atoms with Crippen molar-refractivity contribution in [1.82, 2.24) is 15.2 Å². The molecule has 1 N–H and O–H groups in total. The minimum atomic E-state index is 0.00156. The van der Waals surface area contributed by atoms with Gasteiger partial charge in [-0.05, 0) is 57.8 Å². The summed E-state index contributed by atoms with van der Waals surface area (Å²) < 4.78 is 0. The maximum absolute atomic E-state index is 12.5. The van der Waals surface area contributed by atoms with Crippen LogP contribution >= 0.6 is 11.3 Å². The number of nitrogens with one attached hydrogen (secondary N) is 1. The number of aryl methyl sites for hydroxylation is 3. The first-order valence-corrected chi connectivity index (χ1v) is 9.42. The number of thiazole rings is 1. The van der Waals surface area contributed by atoms with E-state index >= 15 is 0 Å². The summed E-state index contributed by atoms with van der Waals surface area (Å²) in [7, 11) is 0. The van der Waals surface area contributed by atoms with E-state index in [0.717, 1.165) is 40.8 Å². The molecule has 0 spiro atoms. The molecule has 128 valence electrons. The minimum Gasteiger partial charge on any atom is -0.350 e. The van der Waals surface area contributed by atoms with E-state index in [9.17, 15) is 4.79 Å². The summed E-state index contributed by atoms with van der Waals surface area (Å²) in [5, 5.41) is 3.99. The van der Waals surface area contributed by atoms with E-state index in [4.69, 9.17) is 0 Å². The second-order valence-corrected chi connectivity index (χ2v) is 7.50. The molecule has 0 unspecified atom stereocenters. The first kappa shape index (κ1) is 17.1. The van der Waals surface area contributed by atoms with Crippen molar-refractivity contribution in [2.45, 2.75) is 33.6 Å². The molecule has 1 aromatic heterocycles. The van der Waals surface area contributed by atoms with Crippen LogP contribution in [0.5, 0.6) is 0 Å². The summed E-state index contributed by atoms with van der Waals surface area (Å²) in [6, 6.07) is 6.24. The number of hydrogen-bond acceptors (Lipinski definition) is 4. The van der Waals surface area contributed by atoms with Gasteiger partial charge in [-0.15, -0.1) is 11.3 Å². The van der Waals surface area contributed by atoms with Gasteiger partial charge < -0.3 is 10.2 Å². The van der Waals surface area contributed by atoms with Crippen LogP contribution in [-0.4, -0.2) is 42.0 Å². The summed E-state index contributed by atoms with van der Waals surface area (Å²) in [6.45, 7) is 10.1. The quantitative estimate of drug-likeness (QED) is 0.903. The van der Waals surface area contributed by atoms with Gasteiger partial charge in [-0.3, -0.25) is 4.79 Å². The zero-order chi connectivity index (χ0) is 17.1. The van der Waals surface area contributed by atoms with Gasteiger partial charge in [-0.2, -0.15) is 0 Å². The zero-order valence-electron chi connectivity index (χ0n) is 14.7. The van der Waals surface area contributed by atoms with E-state index in [1.54, 1.807) is 0 Å². The molecule has 0 radical (unpaired) electrons. The lowest BCUT2D eigenvalue weighted by Gasteiger charge is -2.14. The van der Waals surface area contributed by atoms with E-state index in [1.165, 1.54) is 35.3 Å². The molecule has 2 aromatic rings. The largest absolute Gasteiger partial charge is 0.350 e. The molecule has 4 nitrogen and oxygen atoms in total. The van der Waals surface area contributed by atoms with Gasteiger partial charge in [-0.1, -0.05) is 18.2 Å². The normalized spacial score (nSPS) is 15.0. The Morgan fingerprint density at radius 1 is 1.21 bits per heavy atom. The van der Waals surface area contributed by atoms with Gasteiger partial charge in [0.2, 0.25) is 0 Å². The van der Waals surface area contributed by atoms with Crippen LogP contribution < -0.4 is 5.32 Å². The van der Waals surface area contributed by atoms with Crippen molar-refractivity contribution in [2.75, 3.05) is 26.2 Å². The number of hydrogen-bond donors (Lipinski definition) is 1. The predicted octanol–water partition coefficient (Wildman–Crippen LogP) is 3.56. The lowest BCUT2D eigenvalue weighted by molar-refractivity contribution is 0.0953. The molecule has 1 aliphatic heterocycles. The zero-order valence-corrected chi connectivity index (χ0v) is 15.5. The average Bonchev–Trinajstić information content (AvgIpc) is 3.17. The second kappa shape index (κ2) is 7.45. The lowest BCUT2D eigenvalue weighted by atomic mass is 10.0. The van der Waals surface area contributed by atoms with Crippen molar-refractivity contribution in [3.63, 3.8) is 0 Å². The maximum atomic E-state index is 12.5. The van der Waals surface area contributed by atoms with Crippen LogP contribution in [0, 0.1) is 20.8 Å². The van der Waals surface area contributed by atoms with E-state index < -0.39 is 0 Å². The van der Waals surface area contributed by atoms with E-state index in [0.29, 0.717) is 6.54 Å². The Morgan fingerprint density at radius 3 is 2.54 bits per heavy atom. The standard InChI is InChI=1S/C19H25N3OS/c1-13-7-6-8-14(2)16(13)19-21-15(3)17(24-19)18(23)20-9-12-22-10-4-5-11-22/h6-8H,4-5,9-12H2,1-3H3,(H,20,23). The summed E-state index contributed by atoms with van der Waals surface area (Å²) in [6.07, 6.45) is 2.56. The first-order valence-electron chi connectivity index (χ1n) is 8.61. The highest BCUT2D eigenvalue weighted by atomic mass is 32.1. The smallest absolute Gasteiger partial charge is 0.263 e. The van der Waals surface area contributed by atoms with Crippen LogP contribution in [0.15, 0.2) is 18.2 Å². The number of amides is 1. The number of likely N-dealkylation sites (tertiary alicyclic amines) is 1. The Kier molecular flexibility index (Phi) is 5.31. The highest BCUT2D eigenvalue weighted by molar-refractivity contribution is 7.17. The Morgan fingerprint density at radius 2 is 1.88 bits per heavy atom. The van der Waals surface area contributed by atoms with E-state index in [-0.39, 0.29) is 5.91 Å². The molecule has 1 aromatic carbocycles. The summed E-state index contributed by atoms with van der Waals surface area (Å²) in [4.78, 5) is 20.3. The van der Waals surface area contributed by atoms with Gasteiger partial charge in [0.25, 0.3) is 5.91 Å². The first-order chi connectivity index (χ1) is 11.6. The molecule has 2 heterocycles. The molecule has 1 aliphatic rings. The Bertz CT molecular complexity index is 712. The summed E-state index contributed by atoms with van der Waals surface area (Å²) in [5.74, 6) is 0.00156. The van der Waals surface area contributed by atoms with Crippen molar-refractivity contribution >= 4 is 17.2 Å². The second-order valence-electron chi connectivity index (χ2n) is 6.51. The topological polar surface area (TPSA) is 45.2 Å². The highest BCUT2D eigenvalue weighted by Gasteiger charge is 2.18. The van der Waals surface area contributed by atoms with Gasteiger partial charge in [0, 0.05) is 18.7 Å². The van der Waals surface area contributed by atoms with Crippen LogP contribution in [0.4, 0.5) is 0 Å². The molecule has 0 atom stereocenters. The molecule has 0 saturated carbocycles. The molecule has 1 amide bonds. The Labute approximate surface area is 147 Å². The predicted molar refractivity (Wildman–Crippen MR) is 99.8 cm³/mol. The van der Waals surface area contributed by atoms with Crippen molar-refractivity contribution in [2.24, 2.45) is 0 Å². The molecule has 0 bridgehead atoms. The fourth-order valence-electron chi connectivity index (χ4n) is 3.28.